The van der Waals surface area contributed by atoms with E-state index >= 15 is 0 Å². The lowest BCUT2D eigenvalue weighted by Gasteiger charge is -2.10. The van der Waals surface area contributed by atoms with Gasteiger partial charge in [-0.25, -0.2) is 4.99 Å². The minimum Gasteiger partial charge on any atom is -0.367 e. The number of hydrogen-bond acceptors (Lipinski definition) is 5. The van der Waals surface area contributed by atoms with Crippen LogP contribution in [0.25, 0.3) is 0 Å². The van der Waals surface area contributed by atoms with Gasteiger partial charge in [-0.1, -0.05) is 72.3 Å². The Morgan fingerprint density at radius 1 is 1.00 bits per heavy atom. The van der Waals surface area contributed by atoms with Crippen molar-refractivity contribution in [3.05, 3.63) is 101 Å². The zero-order valence-electron chi connectivity index (χ0n) is 16.7. The van der Waals surface area contributed by atoms with Crippen LogP contribution in [0.1, 0.15) is 16.7 Å². The van der Waals surface area contributed by atoms with E-state index in [1.54, 1.807) is 6.07 Å². The van der Waals surface area contributed by atoms with Gasteiger partial charge in [-0.15, -0.1) is 0 Å². The van der Waals surface area contributed by atoms with Crippen LogP contribution in [0.5, 0.6) is 0 Å². The van der Waals surface area contributed by atoms with E-state index in [0.717, 1.165) is 28.1 Å². The summed E-state index contributed by atoms with van der Waals surface area (Å²) >= 11 is 6.22. The topological polar surface area (TPSA) is 75.1 Å². The molecular weight excluding hydrogens is 412 g/mol. The Kier molecular flexibility index (Phi) is 6.72. The van der Waals surface area contributed by atoms with Gasteiger partial charge < -0.3 is 4.74 Å². The molecule has 0 saturated carbocycles. The summed E-state index contributed by atoms with van der Waals surface area (Å²) in [6.45, 7) is 0.579. The fourth-order valence-electron chi connectivity index (χ4n) is 3.14. The molecule has 1 amide bonds. The number of carbonyl (C=O) groups excluding carboxylic acids is 1. The van der Waals surface area contributed by atoms with Crippen molar-refractivity contribution in [3.63, 3.8) is 0 Å². The first kappa shape index (κ1) is 20.8. The van der Waals surface area contributed by atoms with E-state index in [2.05, 4.69) is 15.8 Å². The highest BCUT2D eigenvalue weighted by atomic mass is 35.5. The second-order valence-electron chi connectivity index (χ2n) is 6.90. The van der Waals surface area contributed by atoms with E-state index in [1.165, 1.54) is 0 Å². The lowest BCUT2D eigenvalue weighted by Crippen LogP contribution is -2.44. The summed E-state index contributed by atoms with van der Waals surface area (Å²) < 4.78 is 5.46. The third-order valence-corrected chi connectivity index (χ3v) is 4.83. The first-order chi connectivity index (χ1) is 15.2. The van der Waals surface area contributed by atoms with Gasteiger partial charge in [-0.05, 0) is 23.8 Å². The number of hydrogen-bond donors (Lipinski definition) is 2. The van der Waals surface area contributed by atoms with Crippen LogP contribution in [0.4, 0.5) is 5.69 Å². The van der Waals surface area contributed by atoms with Gasteiger partial charge in [0.05, 0.1) is 24.6 Å². The maximum absolute atomic E-state index is 12.1. The van der Waals surface area contributed by atoms with Crippen molar-refractivity contribution < 1.29 is 9.53 Å². The molecule has 31 heavy (non-hydrogen) atoms. The van der Waals surface area contributed by atoms with Crippen LogP contribution >= 0.6 is 11.6 Å². The first-order valence-corrected chi connectivity index (χ1v) is 10.2. The number of rotatable bonds is 5. The smallest absolute Gasteiger partial charge is 0.264 e. The molecule has 0 spiro atoms. The standard InChI is InChI=1S/C24H21ClN4O2/c25-19-11-12-21-20(13-19)24(18-9-5-2-6-10-18)26-14-22(27-21)28-29-23(30)16-31-15-17-7-3-1-4-8-17/h1-13H,14-16H2,(H,27,28)(H,29,30). The Hall–Kier alpha value is -3.48. The van der Waals surface area contributed by atoms with Crippen molar-refractivity contribution >= 4 is 34.7 Å². The lowest BCUT2D eigenvalue weighted by molar-refractivity contribution is -0.126. The Labute approximate surface area is 185 Å². The Balaban J connectivity index is 1.42. The van der Waals surface area contributed by atoms with Gasteiger partial charge in [0.15, 0.2) is 0 Å². The average Bonchev–Trinajstić information content (AvgIpc) is 2.98. The Bertz CT molecular complexity index is 1110. The summed E-state index contributed by atoms with van der Waals surface area (Å²) in [6, 6.07) is 25.0. The van der Waals surface area contributed by atoms with Crippen molar-refractivity contribution in [1.82, 2.24) is 10.9 Å². The molecule has 1 aliphatic heterocycles. The predicted octanol–water partition coefficient (Wildman–Crippen LogP) is 4.06. The number of hydrazine groups is 1. The molecule has 3 aromatic carbocycles. The highest BCUT2D eigenvalue weighted by Crippen LogP contribution is 2.28. The van der Waals surface area contributed by atoms with Crippen LogP contribution in [0.3, 0.4) is 0 Å². The zero-order valence-corrected chi connectivity index (χ0v) is 17.5. The van der Waals surface area contributed by atoms with Gasteiger partial charge in [0.2, 0.25) is 0 Å². The molecule has 4 rings (SSSR count). The van der Waals surface area contributed by atoms with Gasteiger partial charge in [0.1, 0.15) is 12.4 Å². The fraction of sp³-hybridized carbons (Fsp3) is 0.125. The van der Waals surface area contributed by atoms with Crippen LogP contribution in [0, 0.1) is 0 Å². The van der Waals surface area contributed by atoms with Crippen molar-refractivity contribution in [1.29, 1.82) is 0 Å². The monoisotopic (exact) mass is 432 g/mol. The largest absolute Gasteiger partial charge is 0.367 e. The van der Waals surface area contributed by atoms with Crippen molar-refractivity contribution in [2.45, 2.75) is 6.61 Å². The maximum atomic E-state index is 12.1. The number of aliphatic imine (C=N–C) groups is 2. The number of benzene rings is 3. The summed E-state index contributed by atoms with van der Waals surface area (Å²) in [4.78, 5) is 21.5. The van der Waals surface area contributed by atoms with Crippen molar-refractivity contribution in [3.8, 4) is 0 Å². The average molecular weight is 433 g/mol. The normalized spacial score (nSPS) is 12.8. The minimum atomic E-state index is -0.300. The summed E-state index contributed by atoms with van der Waals surface area (Å²) in [7, 11) is 0. The van der Waals surface area contributed by atoms with E-state index in [0.29, 0.717) is 17.5 Å². The summed E-state index contributed by atoms with van der Waals surface area (Å²) in [5.74, 6) is 0.220. The number of fused-ring (bicyclic) bond motifs is 1. The number of amides is 1. The molecule has 0 bridgehead atoms. The van der Waals surface area contributed by atoms with Gasteiger partial charge in [0, 0.05) is 16.1 Å². The lowest BCUT2D eigenvalue weighted by atomic mass is 10.0. The first-order valence-electron chi connectivity index (χ1n) is 9.83. The van der Waals surface area contributed by atoms with Gasteiger partial charge >= 0.3 is 0 Å². The third-order valence-electron chi connectivity index (χ3n) is 4.59. The SMILES string of the molecule is O=C(COCc1ccccc1)NNC1=Nc2ccc(Cl)cc2C(c2ccccc2)=NC1. The van der Waals surface area contributed by atoms with Crippen LogP contribution in [-0.4, -0.2) is 30.6 Å². The third kappa shape index (κ3) is 5.57. The predicted molar refractivity (Wildman–Crippen MR) is 123 cm³/mol. The summed E-state index contributed by atoms with van der Waals surface area (Å²) in [5, 5.41) is 0.609. The highest BCUT2D eigenvalue weighted by Gasteiger charge is 2.17. The molecule has 0 atom stereocenters. The van der Waals surface area contributed by atoms with E-state index in [4.69, 9.17) is 21.3 Å². The van der Waals surface area contributed by atoms with Crippen LogP contribution in [0.2, 0.25) is 5.02 Å². The summed E-state index contributed by atoms with van der Waals surface area (Å²) in [6.07, 6.45) is 0. The van der Waals surface area contributed by atoms with Crippen LogP contribution in [-0.2, 0) is 16.1 Å². The minimum absolute atomic E-state index is 0.0695. The molecule has 2 N–H and O–H groups in total. The van der Waals surface area contributed by atoms with E-state index in [-0.39, 0.29) is 19.1 Å². The quantitative estimate of drug-likeness (QED) is 0.597. The van der Waals surface area contributed by atoms with Crippen LogP contribution < -0.4 is 10.9 Å². The van der Waals surface area contributed by atoms with Crippen molar-refractivity contribution in [2.24, 2.45) is 9.98 Å². The molecule has 0 unspecified atom stereocenters. The molecule has 3 aromatic rings. The molecule has 156 valence electrons. The number of amidine groups is 1. The molecule has 6 nitrogen and oxygen atoms in total. The fourth-order valence-corrected chi connectivity index (χ4v) is 3.31. The molecule has 1 aliphatic rings. The number of nitrogens with zero attached hydrogens (tertiary/aromatic N) is 2. The van der Waals surface area contributed by atoms with Crippen molar-refractivity contribution in [2.75, 3.05) is 13.2 Å². The number of halogens is 1. The van der Waals surface area contributed by atoms with E-state index in [9.17, 15) is 4.79 Å². The van der Waals surface area contributed by atoms with E-state index in [1.807, 2.05) is 72.8 Å². The molecule has 7 heteroatoms. The molecule has 1 heterocycles. The molecule has 0 fully saturated rings. The summed E-state index contributed by atoms with van der Waals surface area (Å²) in [5.41, 5.74) is 9.84. The molecule has 0 saturated heterocycles. The molecular formula is C24H21ClN4O2. The molecule has 0 radical (unpaired) electrons. The Morgan fingerprint density at radius 2 is 1.74 bits per heavy atom. The Morgan fingerprint density at radius 3 is 2.52 bits per heavy atom. The molecule has 0 aliphatic carbocycles. The second-order valence-corrected chi connectivity index (χ2v) is 7.34. The number of carbonyl (C=O) groups is 1. The van der Waals surface area contributed by atoms with Gasteiger partial charge in [0.25, 0.3) is 5.91 Å². The van der Waals surface area contributed by atoms with Crippen LogP contribution in [0.15, 0.2) is 88.8 Å². The van der Waals surface area contributed by atoms with Gasteiger partial charge in [-0.3, -0.25) is 20.6 Å². The second kappa shape index (κ2) is 10.0. The number of ether oxygens (including phenoxy) is 1. The van der Waals surface area contributed by atoms with E-state index < -0.39 is 0 Å². The van der Waals surface area contributed by atoms with Gasteiger partial charge in [-0.2, -0.15) is 0 Å². The molecule has 0 aromatic heterocycles. The number of nitrogens with one attached hydrogen (secondary N) is 2. The highest BCUT2D eigenvalue weighted by molar-refractivity contribution is 6.31. The maximum Gasteiger partial charge on any atom is 0.264 e. The zero-order chi connectivity index (χ0) is 21.5.